The smallest absolute Gasteiger partial charge is 0.104 e. The second kappa shape index (κ2) is 13.0. The van der Waals surface area contributed by atoms with Crippen molar-refractivity contribution < 1.29 is 0 Å². The Balaban J connectivity index is 1.36. The van der Waals surface area contributed by atoms with Gasteiger partial charge in [-0.15, -0.1) is 0 Å². The number of benzene rings is 8. The van der Waals surface area contributed by atoms with E-state index in [2.05, 4.69) is 220 Å². The minimum absolute atomic E-state index is 0.205. The highest BCUT2D eigenvalue weighted by atomic mass is 15.2. The van der Waals surface area contributed by atoms with Crippen molar-refractivity contribution in [1.82, 2.24) is 13.7 Å². The number of hydrogen-bond acceptors (Lipinski definition) is 3. The molecule has 6 nitrogen and oxygen atoms in total. The van der Waals surface area contributed by atoms with Crippen molar-refractivity contribution in [2.45, 2.75) is 18.4 Å². The van der Waals surface area contributed by atoms with Gasteiger partial charge in [-0.2, -0.15) is 10.5 Å². The van der Waals surface area contributed by atoms with Crippen LogP contribution in [0.4, 0.5) is 11.4 Å². The van der Waals surface area contributed by atoms with Crippen LogP contribution in [0.15, 0.2) is 194 Å². The molecular formula is C57H36N6. The Morgan fingerprint density at radius 1 is 0.413 bits per heavy atom. The minimum atomic E-state index is -0.427. The highest BCUT2D eigenvalue weighted by molar-refractivity contribution is 6.15. The van der Waals surface area contributed by atoms with Crippen LogP contribution in [-0.2, 0) is 5.41 Å². The molecular weight excluding hydrogens is 769 g/mol. The number of nitriles is 2. The highest BCUT2D eigenvalue weighted by Crippen LogP contribution is 2.56. The number of fused-ring (bicyclic) bond motifs is 12. The van der Waals surface area contributed by atoms with Crippen molar-refractivity contribution in [3.63, 3.8) is 0 Å². The van der Waals surface area contributed by atoms with E-state index >= 15 is 0 Å². The first-order chi connectivity index (χ1) is 31.1. The van der Waals surface area contributed by atoms with Gasteiger partial charge in [-0.1, -0.05) is 152 Å². The lowest BCUT2D eigenvalue weighted by molar-refractivity contribution is 0.550. The van der Waals surface area contributed by atoms with Crippen LogP contribution in [0.2, 0.25) is 0 Å². The predicted octanol–water partition coefficient (Wildman–Crippen LogP) is 13.6. The van der Waals surface area contributed by atoms with Crippen LogP contribution in [0.3, 0.4) is 0 Å². The Morgan fingerprint density at radius 3 is 1.22 bits per heavy atom. The van der Waals surface area contributed by atoms with Crippen LogP contribution < -0.4 is 4.90 Å². The number of nitrogens with zero attached hydrogens (tertiary/aromatic N) is 6. The van der Waals surface area contributed by atoms with Gasteiger partial charge in [0.25, 0.3) is 0 Å². The van der Waals surface area contributed by atoms with Gasteiger partial charge in [0.2, 0.25) is 0 Å². The van der Waals surface area contributed by atoms with E-state index in [4.69, 9.17) is 0 Å². The Labute approximate surface area is 362 Å². The largest absolute Gasteiger partial charge is 0.330 e. The zero-order chi connectivity index (χ0) is 42.0. The summed E-state index contributed by atoms with van der Waals surface area (Å²) in [4.78, 5) is 2.41. The molecule has 6 heteroatoms. The lowest BCUT2D eigenvalue weighted by atomic mass is 9.76. The third kappa shape index (κ3) is 4.54. The van der Waals surface area contributed by atoms with E-state index in [9.17, 15) is 10.5 Å². The van der Waals surface area contributed by atoms with Crippen LogP contribution in [-0.4, -0.2) is 19.7 Å². The Kier molecular flexibility index (Phi) is 7.24. The van der Waals surface area contributed by atoms with Crippen LogP contribution >= 0.6 is 0 Å². The van der Waals surface area contributed by atoms with E-state index in [-0.39, 0.29) is 6.04 Å². The monoisotopic (exact) mass is 804 g/mol. The molecule has 63 heavy (non-hydrogen) atoms. The molecule has 0 radical (unpaired) electrons. The van der Waals surface area contributed by atoms with Gasteiger partial charge in [0.1, 0.15) is 23.3 Å². The Morgan fingerprint density at radius 2 is 0.778 bits per heavy atom. The number of hydrogen-bond donors (Lipinski definition) is 0. The number of allylic oxidation sites excluding steroid dienone is 2. The molecule has 0 saturated carbocycles. The molecule has 0 saturated heterocycles. The molecule has 294 valence electrons. The summed E-state index contributed by atoms with van der Waals surface area (Å²) in [6.07, 6.45) is 8.84. The maximum atomic E-state index is 12.2. The van der Waals surface area contributed by atoms with E-state index in [1.807, 2.05) is 12.1 Å². The third-order valence-electron chi connectivity index (χ3n) is 13.8. The third-order valence-corrected chi connectivity index (χ3v) is 13.8. The number of para-hydroxylation sites is 7. The minimum Gasteiger partial charge on any atom is -0.330 e. The molecule has 0 spiro atoms. The van der Waals surface area contributed by atoms with Gasteiger partial charge in [0.05, 0.1) is 61.9 Å². The molecule has 0 amide bonds. The second-order valence-corrected chi connectivity index (χ2v) is 16.8. The van der Waals surface area contributed by atoms with Gasteiger partial charge < -0.3 is 18.6 Å². The maximum Gasteiger partial charge on any atom is 0.104 e. The highest BCUT2D eigenvalue weighted by Gasteiger charge is 2.49. The predicted molar refractivity (Wildman–Crippen MR) is 257 cm³/mol. The molecule has 0 N–H and O–H groups in total. The molecule has 0 bridgehead atoms. The zero-order valence-corrected chi connectivity index (χ0v) is 34.2. The van der Waals surface area contributed by atoms with Crippen LogP contribution in [0.25, 0.3) is 82.5 Å². The van der Waals surface area contributed by atoms with Crippen molar-refractivity contribution >= 4 is 76.8 Å². The van der Waals surface area contributed by atoms with Gasteiger partial charge in [-0.25, -0.2) is 0 Å². The number of anilines is 2. The van der Waals surface area contributed by atoms with E-state index in [0.29, 0.717) is 22.5 Å². The SMILES string of the molecule is CC12C=CC=CC1N(c1c(C#N)c(-n3c4ccccc4c4ccccc43)c(C#N)c(-n3c4ccccc4c4ccccc43)c1-n1c3ccccc3c3ccccc31)c1ccccc12. The van der Waals surface area contributed by atoms with Crippen molar-refractivity contribution in [2.75, 3.05) is 4.90 Å². The van der Waals surface area contributed by atoms with E-state index in [1.54, 1.807) is 0 Å². The van der Waals surface area contributed by atoms with Crippen LogP contribution in [0.5, 0.6) is 0 Å². The normalized spacial score (nSPS) is 16.7. The second-order valence-electron chi connectivity index (χ2n) is 16.8. The summed E-state index contributed by atoms with van der Waals surface area (Å²) in [6.45, 7) is 2.30. The van der Waals surface area contributed by atoms with Crippen molar-refractivity contribution in [3.05, 3.63) is 211 Å². The summed E-state index contributed by atoms with van der Waals surface area (Å²) in [7, 11) is 0. The molecule has 11 aromatic rings. The van der Waals surface area contributed by atoms with Gasteiger partial charge >= 0.3 is 0 Å². The first-order valence-electron chi connectivity index (χ1n) is 21.4. The van der Waals surface area contributed by atoms with Crippen LogP contribution in [0.1, 0.15) is 23.6 Å². The van der Waals surface area contributed by atoms with Gasteiger partial charge in [0, 0.05) is 43.4 Å². The average Bonchev–Trinajstić information content (AvgIpc) is 4.04. The first kappa shape index (κ1) is 35.2. The molecule has 1 aliphatic carbocycles. The lowest BCUT2D eigenvalue weighted by Gasteiger charge is -2.37. The van der Waals surface area contributed by atoms with Gasteiger partial charge in [-0.3, -0.25) is 0 Å². The summed E-state index contributed by atoms with van der Waals surface area (Å²) in [5.41, 5.74) is 11.1. The topological polar surface area (TPSA) is 65.6 Å². The van der Waals surface area contributed by atoms with Crippen LogP contribution in [0, 0.1) is 22.7 Å². The Bertz CT molecular complexity index is 3770. The zero-order valence-electron chi connectivity index (χ0n) is 34.2. The number of aromatic nitrogens is 3. The Hall–Kier alpha value is -8.58. The molecule has 13 rings (SSSR count). The summed E-state index contributed by atoms with van der Waals surface area (Å²) >= 11 is 0. The van der Waals surface area contributed by atoms with Gasteiger partial charge in [0.15, 0.2) is 0 Å². The molecule has 2 atom stereocenters. The van der Waals surface area contributed by atoms with Gasteiger partial charge in [-0.05, 0) is 55.0 Å². The molecule has 3 aromatic heterocycles. The first-order valence-corrected chi connectivity index (χ1v) is 21.4. The van der Waals surface area contributed by atoms with Crippen molar-refractivity contribution in [2.24, 2.45) is 0 Å². The molecule has 2 aliphatic rings. The molecule has 0 fully saturated rings. The quantitative estimate of drug-likeness (QED) is 0.178. The maximum absolute atomic E-state index is 12.2. The summed E-state index contributed by atoms with van der Waals surface area (Å²) < 4.78 is 6.80. The van der Waals surface area contributed by atoms with E-state index in [0.717, 1.165) is 82.5 Å². The summed E-state index contributed by atoms with van der Waals surface area (Å²) in [5.74, 6) is 0. The fourth-order valence-corrected chi connectivity index (χ4v) is 11.2. The van der Waals surface area contributed by atoms with E-state index in [1.165, 1.54) is 5.56 Å². The van der Waals surface area contributed by atoms with E-state index < -0.39 is 5.41 Å². The number of rotatable bonds is 4. The molecule has 8 aromatic carbocycles. The molecule has 2 unspecified atom stereocenters. The average molecular weight is 805 g/mol. The standard InChI is InChI=1S/C57H36N6/c1-57-33-17-16-32-52(57)63(51-31-15-8-24-44(51)57)55-43(35-59)53(60-45-25-9-2-18-36(45)37-19-3-10-26-46(37)60)42(34-58)54(61-47-27-11-4-20-38(47)39-21-5-12-28-48(39)61)56(55)62-49-29-13-6-22-40(49)41-23-7-14-30-50(41)62/h2-33,52H,1H3. The fourth-order valence-electron chi connectivity index (χ4n) is 11.2. The summed E-state index contributed by atoms with van der Waals surface area (Å²) in [5, 5.41) is 30.8. The lowest BCUT2D eigenvalue weighted by Crippen LogP contribution is -2.40. The summed E-state index contributed by atoms with van der Waals surface area (Å²) in [6, 6.07) is 64.7. The fraction of sp³-hybridized carbons (Fsp3) is 0.0526. The van der Waals surface area contributed by atoms with Crippen molar-refractivity contribution in [1.29, 1.82) is 10.5 Å². The molecule has 1 aliphatic heterocycles. The van der Waals surface area contributed by atoms with Crippen molar-refractivity contribution in [3.8, 4) is 29.2 Å². The molecule has 4 heterocycles.